The third-order valence-corrected chi connectivity index (χ3v) is 5.02. The first-order valence-electron chi connectivity index (χ1n) is 7.76. The molecule has 128 valence electrons. The Kier molecular flexibility index (Phi) is 4.23. The zero-order chi connectivity index (χ0) is 17.5. The molecule has 1 amide bonds. The van der Waals surface area contributed by atoms with Gasteiger partial charge in [-0.1, -0.05) is 29.3 Å². The first kappa shape index (κ1) is 16.7. The highest BCUT2D eigenvalue weighted by molar-refractivity contribution is 7.89. The number of rotatable bonds is 3. The van der Waals surface area contributed by atoms with Crippen molar-refractivity contribution in [2.24, 2.45) is 5.14 Å². The first-order chi connectivity index (χ1) is 11.3. The Labute approximate surface area is 141 Å². The molecular weight excluding hydrogens is 328 g/mol. The Bertz CT molecular complexity index is 865. The molecule has 0 aliphatic carbocycles. The molecule has 2 heterocycles. The highest BCUT2D eigenvalue weighted by Crippen LogP contribution is 2.34. The van der Waals surface area contributed by atoms with Crippen LogP contribution in [0.2, 0.25) is 0 Å². The molecule has 3 rings (SSSR count). The maximum atomic E-state index is 12.8. The number of carbonyl (C=O) groups is 1. The molecule has 1 saturated heterocycles. The minimum Gasteiger partial charge on any atom is -0.451 e. The fraction of sp³-hybridized carbons (Fsp3) is 0.353. The van der Waals surface area contributed by atoms with Gasteiger partial charge in [0.2, 0.25) is 5.09 Å². The number of hydrogen-bond acceptors (Lipinski definition) is 4. The Morgan fingerprint density at radius 1 is 1.21 bits per heavy atom. The molecule has 1 aromatic heterocycles. The zero-order valence-electron chi connectivity index (χ0n) is 13.7. The Morgan fingerprint density at radius 2 is 1.88 bits per heavy atom. The van der Waals surface area contributed by atoms with Gasteiger partial charge >= 0.3 is 0 Å². The van der Waals surface area contributed by atoms with Crippen LogP contribution in [-0.4, -0.2) is 25.8 Å². The van der Waals surface area contributed by atoms with E-state index >= 15 is 0 Å². The Balaban J connectivity index is 1.90. The molecule has 0 spiro atoms. The van der Waals surface area contributed by atoms with Crippen LogP contribution in [0.25, 0.3) is 0 Å². The van der Waals surface area contributed by atoms with E-state index < -0.39 is 15.1 Å². The van der Waals surface area contributed by atoms with Gasteiger partial charge in [-0.05, 0) is 32.3 Å². The summed E-state index contributed by atoms with van der Waals surface area (Å²) >= 11 is 0. The number of hydrogen-bond donors (Lipinski definition) is 1. The van der Waals surface area contributed by atoms with Gasteiger partial charge in [-0.15, -0.1) is 0 Å². The van der Waals surface area contributed by atoms with Crippen molar-refractivity contribution in [3.63, 3.8) is 0 Å². The van der Waals surface area contributed by atoms with Crippen molar-refractivity contribution in [3.8, 4) is 0 Å². The molecule has 7 heteroatoms. The lowest BCUT2D eigenvalue weighted by molar-refractivity contribution is 0.0735. The van der Waals surface area contributed by atoms with E-state index in [0.717, 1.165) is 35.8 Å². The number of sulfonamides is 1. The molecule has 0 saturated carbocycles. The second-order valence-electron chi connectivity index (χ2n) is 6.28. The standard InChI is InChI=1S/C17H20N2O4S/c1-11-6-12(2)8-13(7-11)15-4-3-5-19(15)17(20)14-9-16(23-10-14)24(18,21)22/h6-10,15H,3-5H2,1-2H3,(H2,18,21,22). The maximum absolute atomic E-state index is 12.8. The van der Waals surface area contributed by atoms with Crippen molar-refractivity contribution < 1.29 is 17.6 Å². The smallest absolute Gasteiger partial charge is 0.271 e. The maximum Gasteiger partial charge on any atom is 0.271 e. The van der Waals surface area contributed by atoms with Gasteiger partial charge in [0.05, 0.1) is 11.6 Å². The van der Waals surface area contributed by atoms with Crippen LogP contribution >= 0.6 is 0 Å². The van der Waals surface area contributed by atoms with E-state index in [4.69, 9.17) is 9.56 Å². The number of carbonyl (C=O) groups excluding carboxylic acids is 1. The van der Waals surface area contributed by atoms with Gasteiger partial charge in [0.25, 0.3) is 15.9 Å². The van der Waals surface area contributed by atoms with Crippen molar-refractivity contribution in [1.82, 2.24) is 4.90 Å². The Hall–Kier alpha value is -2.12. The molecule has 1 aliphatic rings. The summed E-state index contributed by atoms with van der Waals surface area (Å²) in [5, 5.41) is 4.63. The SMILES string of the molecule is Cc1cc(C)cc(C2CCCN2C(=O)c2coc(S(N)(=O)=O)c2)c1. The normalized spacial score (nSPS) is 18.1. The average molecular weight is 348 g/mol. The predicted octanol–water partition coefficient (Wildman–Crippen LogP) is 2.52. The molecule has 2 N–H and O–H groups in total. The van der Waals surface area contributed by atoms with Crippen LogP contribution in [0.5, 0.6) is 0 Å². The third kappa shape index (κ3) is 3.22. The minimum atomic E-state index is -3.95. The van der Waals surface area contributed by atoms with Crippen molar-refractivity contribution in [2.45, 2.75) is 37.8 Å². The van der Waals surface area contributed by atoms with E-state index in [1.54, 1.807) is 4.90 Å². The van der Waals surface area contributed by atoms with Gasteiger partial charge in [0.15, 0.2) is 0 Å². The van der Waals surface area contributed by atoms with Crippen LogP contribution in [0.1, 0.15) is 45.9 Å². The van der Waals surface area contributed by atoms with Gasteiger partial charge < -0.3 is 9.32 Å². The second-order valence-corrected chi connectivity index (χ2v) is 7.77. The number of primary sulfonamides is 1. The van der Waals surface area contributed by atoms with Crippen molar-refractivity contribution in [3.05, 3.63) is 52.8 Å². The highest BCUT2D eigenvalue weighted by Gasteiger charge is 2.32. The number of nitrogens with two attached hydrogens (primary N) is 1. The van der Waals surface area contributed by atoms with Gasteiger partial charge in [0.1, 0.15) is 6.26 Å². The fourth-order valence-corrected chi connectivity index (χ4v) is 3.78. The van der Waals surface area contributed by atoms with Crippen LogP contribution in [0.3, 0.4) is 0 Å². The zero-order valence-corrected chi connectivity index (χ0v) is 14.5. The van der Waals surface area contributed by atoms with E-state index in [0.29, 0.717) is 6.54 Å². The summed E-state index contributed by atoms with van der Waals surface area (Å²) in [6.07, 6.45) is 2.94. The van der Waals surface area contributed by atoms with Gasteiger partial charge in [-0.25, -0.2) is 13.6 Å². The summed E-state index contributed by atoms with van der Waals surface area (Å²) in [6, 6.07) is 7.46. The van der Waals surface area contributed by atoms with E-state index in [1.165, 1.54) is 6.07 Å². The van der Waals surface area contributed by atoms with Gasteiger partial charge in [-0.2, -0.15) is 0 Å². The summed E-state index contributed by atoms with van der Waals surface area (Å²) in [7, 11) is -3.95. The van der Waals surface area contributed by atoms with Crippen molar-refractivity contribution in [1.29, 1.82) is 0 Å². The lowest BCUT2D eigenvalue weighted by Crippen LogP contribution is -2.30. The number of aryl methyl sites for hydroxylation is 2. The van der Waals surface area contributed by atoms with Crippen LogP contribution in [-0.2, 0) is 10.0 Å². The molecule has 24 heavy (non-hydrogen) atoms. The molecule has 0 bridgehead atoms. The number of benzene rings is 1. The molecular formula is C17H20N2O4S. The monoisotopic (exact) mass is 348 g/mol. The number of likely N-dealkylation sites (tertiary alicyclic amines) is 1. The molecule has 6 nitrogen and oxygen atoms in total. The number of amides is 1. The minimum absolute atomic E-state index is 0.0102. The van der Waals surface area contributed by atoms with E-state index in [9.17, 15) is 13.2 Å². The molecule has 1 aliphatic heterocycles. The fourth-order valence-electron chi connectivity index (χ4n) is 3.30. The molecule has 0 radical (unpaired) electrons. The highest BCUT2D eigenvalue weighted by atomic mass is 32.2. The lowest BCUT2D eigenvalue weighted by atomic mass is 9.99. The van der Waals surface area contributed by atoms with E-state index in [2.05, 4.69) is 18.2 Å². The molecule has 2 aromatic rings. The summed E-state index contributed by atoms with van der Waals surface area (Å²) in [5.74, 6) is -0.240. The second kappa shape index (κ2) is 6.07. The van der Waals surface area contributed by atoms with E-state index in [1.807, 2.05) is 13.8 Å². The predicted molar refractivity (Wildman–Crippen MR) is 89.0 cm³/mol. The summed E-state index contributed by atoms with van der Waals surface area (Å²) in [4.78, 5) is 14.5. The quantitative estimate of drug-likeness (QED) is 0.922. The molecule has 1 fully saturated rings. The molecule has 1 aromatic carbocycles. The molecule has 1 atom stereocenters. The van der Waals surface area contributed by atoms with Crippen LogP contribution < -0.4 is 5.14 Å². The molecule has 1 unspecified atom stereocenters. The summed E-state index contributed by atoms with van der Waals surface area (Å²) < 4.78 is 27.5. The van der Waals surface area contributed by atoms with Crippen molar-refractivity contribution in [2.75, 3.05) is 6.54 Å². The largest absolute Gasteiger partial charge is 0.451 e. The average Bonchev–Trinajstić information content (AvgIpc) is 3.14. The number of furan rings is 1. The lowest BCUT2D eigenvalue weighted by Gasteiger charge is -2.25. The van der Waals surface area contributed by atoms with Gasteiger partial charge in [-0.3, -0.25) is 4.79 Å². The van der Waals surface area contributed by atoms with Crippen LogP contribution in [0.4, 0.5) is 0 Å². The summed E-state index contributed by atoms with van der Waals surface area (Å²) in [5.41, 5.74) is 3.62. The van der Waals surface area contributed by atoms with Crippen LogP contribution in [0, 0.1) is 13.8 Å². The first-order valence-corrected chi connectivity index (χ1v) is 9.31. The third-order valence-electron chi connectivity index (χ3n) is 4.25. The Morgan fingerprint density at radius 3 is 2.46 bits per heavy atom. The topological polar surface area (TPSA) is 93.6 Å². The van der Waals surface area contributed by atoms with Crippen molar-refractivity contribution >= 4 is 15.9 Å². The van der Waals surface area contributed by atoms with Crippen LogP contribution in [0.15, 0.2) is 40.0 Å². The number of nitrogens with zero attached hydrogens (tertiary/aromatic N) is 1. The van der Waals surface area contributed by atoms with E-state index in [-0.39, 0.29) is 17.5 Å². The summed E-state index contributed by atoms with van der Waals surface area (Å²) in [6.45, 7) is 4.70. The van der Waals surface area contributed by atoms with Gasteiger partial charge in [0, 0.05) is 12.6 Å².